The Kier molecular flexibility index (Phi) is 5.04. The molecule has 0 aromatic heterocycles. The number of hydrogen-bond acceptors (Lipinski definition) is 3. The first-order valence-electron chi connectivity index (χ1n) is 7.44. The predicted molar refractivity (Wildman–Crippen MR) is 83.5 cm³/mol. The number of piperidine rings is 1. The second-order valence-electron chi connectivity index (χ2n) is 5.97. The summed E-state index contributed by atoms with van der Waals surface area (Å²) in [5, 5.41) is -0.325. The number of nitrogens with zero attached hydrogens (tertiary/aromatic N) is 1. The Morgan fingerprint density at radius 1 is 1.19 bits per heavy atom. The normalized spacial score (nSPS) is 17.2. The molecule has 1 aliphatic rings. The molecular weight excluding hydrogens is 286 g/mol. The second-order valence-corrected chi connectivity index (χ2v) is 8.25. The molecule has 0 radical (unpaired) electrons. The lowest BCUT2D eigenvalue weighted by Gasteiger charge is -2.32. The van der Waals surface area contributed by atoms with Crippen LogP contribution in [-0.2, 0) is 20.4 Å². The smallest absolute Gasteiger partial charge is 0.225 e. The zero-order chi connectivity index (χ0) is 15.5. The average Bonchev–Trinajstić information content (AvgIpc) is 2.47. The van der Waals surface area contributed by atoms with Gasteiger partial charge in [0.05, 0.1) is 11.0 Å². The Morgan fingerprint density at radius 2 is 1.76 bits per heavy atom. The molecule has 21 heavy (non-hydrogen) atoms. The maximum atomic E-state index is 12.5. The predicted octanol–water partition coefficient (Wildman–Crippen LogP) is 2.25. The van der Waals surface area contributed by atoms with E-state index in [2.05, 4.69) is 0 Å². The van der Waals surface area contributed by atoms with E-state index in [4.69, 9.17) is 0 Å². The van der Waals surface area contributed by atoms with E-state index in [1.807, 2.05) is 44.2 Å². The molecule has 0 bridgehead atoms. The van der Waals surface area contributed by atoms with E-state index >= 15 is 0 Å². The minimum atomic E-state index is -3.14. The molecule has 1 amide bonds. The first-order valence-corrected chi connectivity index (χ1v) is 9.16. The van der Waals surface area contributed by atoms with E-state index in [-0.39, 0.29) is 22.8 Å². The van der Waals surface area contributed by atoms with Gasteiger partial charge in [0.15, 0.2) is 9.84 Å². The molecule has 0 saturated carbocycles. The highest BCUT2D eigenvalue weighted by Gasteiger charge is 2.31. The quantitative estimate of drug-likeness (QED) is 0.857. The fraction of sp³-hybridized carbons (Fsp3) is 0.562. The average molecular weight is 309 g/mol. The number of likely N-dealkylation sites (tertiary alicyclic amines) is 1. The summed E-state index contributed by atoms with van der Waals surface area (Å²) in [5.74, 6) is 0.188. The van der Waals surface area contributed by atoms with E-state index in [9.17, 15) is 13.2 Å². The third-order valence-corrected chi connectivity index (χ3v) is 6.19. The molecule has 1 aromatic rings. The van der Waals surface area contributed by atoms with E-state index in [0.29, 0.717) is 25.9 Å². The Hall–Kier alpha value is -1.36. The summed E-state index contributed by atoms with van der Waals surface area (Å²) in [7, 11) is -3.14. The number of carbonyl (C=O) groups is 1. The Bertz CT molecular complexity index is 573. The zero-order valence-corrected chi connectivity index (χ0v) is 13.5. The number of rotatable bonds is 4. The van der Waals surface area contributed by atoms with E-state index in [0.717, 1.165) is 5.56 Å². The third kappa shape index (κ3) is 4.06. The molecule has 2 rings (SSSR count). The molecule has 4 nitrogen and oxygen atoms in total. The van der Waals surface area contributed by atoms with Gasteiger partial charge in [0.25, 0.3) is 0 Å². The Labute approximate surface area is 127 Å². The van der Waals surface area contributed by atoms with Crippen LogP contribution in [0.4, 0.5) is 0 Å². The van der Waals surface area contributed by atoms with Gasteiger partial charge >= 0.3 is 0 Å². The first-order chi connectivity index (χ1) is 9.90. The van der Waals surface area contributed by atoms with Gasteiger partial charge < -0.3 is 4.90 Å². The third-order valence-electron chi connectivity index (χ3n) is 3.97. The maximum Gasteiger partial charge on any atom is 0.225 e. The van der Waals surface area contributed by atoms with Crippen molar-refractivity contribution in [1.29, 1.82) is 0 Å². The van der Waals surface area contributed by atoms with Gasteiger partial charge in [-0.1, -0.05) is 44.2 Å². The molecule has 0 aliphatic carbocycles. The summed E-state index contributed by atoms with van der Waals surface area (Å²) in [4.78, 5) is 13.7. The summed E-state index contributed by atoms with van der Waals surface area (Å²) >= 11 is 0. The largest absolute Gasteiger partial charge is 0.342 e. The molecule has 0 unspecified atom stereocenters. The SMILES string of the molecule is CC(C)C(=O)N1CCC(S(=O)(=O)Cc2ccccc2)CC1. The van der Waals surface area contributed by atoms with Gasteiger partial charge in [-0.2, -0.15) is 0 Å². The lowest BCUT2D eigenvalue weighted by atomic mass is 10.1. The number of benzene rings is 1. The Morgan fingerprint density at radius 3 is 2.29 bits per heavy atom. The van der Waals surface area contributed by atoms with Gasteiger partial charge in [0, 0.05) is 19.0 Å². The van der Waals surface area contributed by atoms with Crippen LogP contribution in [0, 0.1) is 5.92 Å². The second kappa shape index (κ2) is 6.60. The highest BCUT2D eigenvalue weighted by Crippen LogP contribution is 2.22. The van der Waals surface area contributed by atoms with Crippen molar-refractivity contribution in [1.82, 2.24) is 4.90 Å². The van der Waals surface area contributed by atoms with Gasteiger partial charge in [0.2, 0.25) is 5.91 Å². The van der Waals surface area contributed by atoms with E-state index < -0.39 is 9.84 Å². The standard InChI is InChI=1S/C16H23NO3S/c1-13(2)16(18)17-10-8-15(9-11-17)21(19,20)12-14-6-4-3-5-7-14/h3-7,13,15H,8-12H2,1-2H3. The maximum absolute atomic E-state index is 12.5. The topological polar surface area (TPSA) is 54.5 Å². The highest BCUT2D eigenvalue weighted by molar-refractivity contribution is 7.91. The fourth-order valence-corrected chi connectivity index (χ4v) is 4.55. The summed E-state index contributed by atoms with van der Waals surface area (Å²) in [6.45, 7) is 4.85. The molecule has 0 spiro atoms. The van der Waals surface area contributed by atoms with E-state index in [1.54, 1.807) is 4.90 Å². The summed E-state index contributed by atoms with van der Waals surface area (Å²) < 4.78 is 24.9. The monoisotopic (exact) mass is 309 g/mol. The molecule has 0 N–H and O–H groups in total. The van der Waals surface area contributed by atoms with Crippen molar-refractivity contribution in [2.45, 2.75) is 37.7 Å². The van der Waals surface area contributed by atoms with Crippen molar-refractivity contribution in [3.8, 4) is 0 Å². The van der Waals surface area contributed by atoms with Crippen molar-refractivity contribution in [2.24, 2.45) is 5.92 Å². The number of amides is 1. The van der Waals surface area contributed by atoms with Crippen molar-refractivity contribution in [3.05, 3.63) is 35.9 Å². The van der Waals surface area contributed by atoms with Crippen LogP contribution in [0.5, 0.6) is 0 Å². The van der Waals surface area contributed by atoms with Crippen molar-refractivity contribution in [3.63, 3.8) is 0 Å². The molecule has 1 fully saturated rings. The van der Waals surface area contributed by atoms with Crippen LogP contribution < -0.4 is 0 Å². The number of carbonyl (C=O) groups excluding carboxylic acids is 1. The molecule has 0 atom stereocenters. The molecule has 1 aromatic carbocycles. The minimum absolute atomic E-state index is 0.0255. The van der Waals surface area contributed by atoms with Gasteiger partial charge in [-0.25, -0.2) is 8.42 Å². The van der Waals surface area contributed by atoms with Gasteiger partial charge in [-0.3, -0.25) is 4.79 Å². The van der Waals surface area contributed by atoms with Gasteiger partial charge in [0.1, 0.15) is 0 Å². The number of sulfone groups is 1. The van der Waals surface area contributed by atoms with Crippen LogP contribution in [-0.4, -0.2) is 37.6 Å². The zero-order valence-electron chi connectivity index (χ0n) is 12.7. The lowest BCUT2D eigenvalue weighted by molar-refractivity contribution is -0.135. The summed E-state index contributed by atoms with van der Waals surface area (Å²) in [6, 6.07) is 9.28. The molecule has 116 valence electrons. The molecule has 1 saturated heterocycles. The van der Waals surface area contributed by atoms with Gasteiger partial charge in [-0.05, 0) is 18.4 Å². The van der Waals surface area contributed by atoms with Crippen LogP contribution in [0.25, 0.3) is 0 Å². The van der Waals surface area contributed by atoms with Crippen molar-refractivity contribution < 1.29 is 13.2 Å². The van der Waals surface area contributed by atoms with Crippen molar-refractivity contribution >= 4 is 15.7 Å². The van der Waals surface area contributed by atoms with Crippen molar-refractivity contribution in [2.75, 3.05) is 13.1 Å². The molecule has 1 aliphatic heterocycles. The van der Waals surface area contributed by atoms with Crippen LogP contribution in [0.15, 0.2) is 30.3 Å². The van der Waals surface area contributed by atoms with Gasteiger partial charge in [-0.15, -0.1) is 0 Å². The van der Waals surface area contributed by atoms with Crippen LogP contribution >= 0.6 is 0 Å². The lowest BCUT2D eigenvalue weighted by Crippen LogP contribution is -2.44. The molecule has 5 heteroatoms. The first kappa shape index (κ1) is 16.0. The fourth-order valence-electron chi connectivity index (χ4n) is 2.72. The van der Waals surface area contributed by atoms with Crippen LogP contribution in [0.3, 0.4) is 0 Å². The van der Waals surface area contributed by atoms with E-state index in [1.165, 1.54) is 0 Å². The van der Waals surface area contributed by atoms with Crippen LogP contribution in [0.2, 0.25) is 0 Å². The van der Waals surface area contributed by atoms with Crippen LogP contribution in [0.1, 0.15) is 32.3 Å². The molecule has 1 heterocycles. The molecular formula is C16H23NO3S. The minimum Gasteiger partial charge on any atom is -0.342 e. The Balaban J connectivity index is 1.96. The highest BCUT2D eigenvalue weighted by atomic mass is 32.2. The summed E-state index contributed by atoms with van der Waals surface area (Å²) in [5.41, 5.74) is 0.832. The number of hydrogen-bond donors (Lipinski definition) is 0. The summed E-state index contributed by atoms with van der Waals surface area (Å²) in [6.07, 6.45) is 1.10.